The Labute approximate surface area is 138 Å². The number of aliphatic hydroxyl groups is 2. The second kappa shape index (κ2) is 5.38. The Morgan fingerprint density at radius 1 is 0.958 bits per heavy atom. The molecule has 8 nitrogen and oxygen atoms in total. The van der Waals surface area contributed by atoms with E-state index in [1.807, 2.05) is 0 Å². The molecule has 1 saturated heterocycles. The van der Waals surface area contributed by atoms with E-state index in [1.165, 1.54) is 12.2 Å². The van der Waals surface area contributed by atoms with Gasteiger partial charge >= 0.3 is 11.9 Å². The molecule has 0 saturated carbocycles. The van der Waals surface area contributed by atoms with E-state index in [4.69, 9.17) is 14.2 Å². The van der Waals surface area contributed by atoms with Crippen molar-refractivity contribution in [3.8, 4) is 0 Å². The second-order valence-corrected chi connectivity index (χ2v) is 6.11. The molecule has 4 atom stereocenters. The maximum atomic E-state index is 12.4. The summed E-state index contributed by atoms with van der Waals surface area (Å²) in [4.78, 5) is 24.6. The van der Waals surface area contributed by atoms with Crippen LogP contribution in [-0.4, -0.2) is 59.1 Å². The van der Waals surface area contributed by atoms with Crippen LogP contribution in [-0.2, 0) is 28.5 Å². The topological polar surface area (TPSA) is 112 Å². The van der Waals surface area contributed by atoms with Gasteiger partial charge in [-0.1, -0.05) is 12.2 Å². The van der Waals surface area contributed by atoms with Crippen LogP contribution >= 0.6 is 0 Å². The highest BCUT2D eigenvalue weighted by Gasteiger charge is 2.76. The van der Waals surface area contributed by atoms with Crippen LogP contribution in [0.4, 0.5) is 0 Å². The van der Waals surface area contributed by atoms with Gasteiger partial charge in [0.1, 0.15) is 0 Å². The largest absolute Gasteiger partial charge is 0.466 e. The quantitative estimate of drug-likeness (QED) is 0.531. The lowest BCUT2D eigenvalue weighted by Gasteiger charge is -2.41. The Morgan fingerprint density at radius 2 is 1.58 bits per heavy atom. The molecule has 0 radical (unpaired) electrons. The zero-order chi connectivity index (χ0) is 17.6. The summed E-state index contributed by atoms with van der Waals surface area (Å²) < 4.78 is 21.0. The third-order valence-corrected chi connectivity index (χ3v) is 4.81. The molecular formula is C16H20O8. The average Bonchev–Trinajstić information content (AvgIpc) is 2.86. The van der Waals surface area contributed by atoms with Crippen LogP contribution in [0.25, 0.3) is 0 Å². The zero-order valence-electron chi connectivity index (χ0n) is 13.5. The Morgan fingerprint density at radius 3 is 2.25 bits per heavy atom. The molecule has 2 N–H and O–H groups in total. The van der Waals surface area contributed by atoms with Crippen LogP contribution < -0.4 is 0 Å². The number of allylic oxidation sites excluding steroid dienone is 2. The lowest BCUT2D eigenvalue weighted by Crippen LogP contribution is -2.61. The third-order valence-electron chi connectivity index (χ3n) is 4.81. The molecule has 8 heteroatoms. The van der Waals surface area contributed by atoms with Gasteiger partial charge in [0.15, 0.2) is 0 Å². The molecule has 0 amide bonds. The van der Waals surface area contributed by atoms with Crippen molar-refractivity contribution in [3.63, 3.8) is 0 Å². The first-order valence-electron chi connectivity index (χ1n) is 7.66. The van der Waals surface area contributed by atoms with Crippen LogP contribution in [0.3, 0.4) is 0 Å². The monoisotopic (exact) mass is 340 g/mol. The smallest absolute Gasteiger partial charge is 0.348 e. The molecule has 24 heavy (non-hydrogen) atoms. The van der Waals surface area contributed by atoms with Gasteiger partial charge in [-0.05, 0) is 25.0 Å². The molecule has 1 heterocycles. The van der Waals surface area contributed by atoms with Gasteiger partial charge in [-0.2, -0.15) is 0 Å². The fourth-order valence-corrected chi connectivity index (χ4v) is 3.54. The summed E-state index contributed by atoms with van der Waals surface area (Å²) in [6.45, 7) is 0. The van der Waals surface area contributed by atoms with Gasteiger partial charge in [0, 0.05) is 12.8 Å². The van der Waals surface area contributed by atoms with E-state index in [2.05, 4.69) is 4.74 Å². The van der Waals surface area contributed by atoms with E-state index >= 15 is 0 Å². The molecule has 2 aliphatic carbocycles. The van der Waals surface area contributed by atoms with Crippen molar-refractivity contribution in [3.05, 3.63) is 24.3 Å². The number of esters is 2. The normalized spacial score (nSPS) is 43.5. The Bertz CT molecular complexity index is 628. The van der Waals surface area contributed by atoms with Crippen molar-refractivity contribution in [1.82, 2.24) is 0 Å². The van der Waals surface area contributed by atoms with Crippen molar-refractivity contribution in [2.45, 2.75) is 48.5 Å². The van der Waals surface area contributed by atoms with E-state index in [0.717, 1.165) is 14.2 Å². The van der Waals surface area contributed by atoms with E-state index in [1.54, 1.807) is 12.2 Å². The summed E-state index contributed by atoms with van der Waals surface area (Å²) in [7, 11) is 2.27. The van der Waals surface area contributed by atoms with Gasteiger partial charge in [-0.15, -0.1) is 0 Å². The van der Waals surface area contributed by atoms with E-state index < -0.39 is 34.7 Å². The summed E-state index contributed by atoms with van der Waals surface area (Å²) in [5.41, 5.74) is -4.27. The maximum absolute atomic E-state index is 12.4. The van der Waals surface area contributed by atoms with Gasteiger partial charge in [-0.25, -0.2) is 9.59 Å². The van der Waals surface area contributed by atoms with Gasteiger partial charge in [0.25, 0.3) is 0 Å². The van der Waals surface area contributed by atoms with Gasteiger partial charge in [0.2, 0.25) is 22.8 Å². The summed E-state index contributed by atoms with van der Waals surface area (Å²) in [5.74, 6) is -5.92. The first-order valence-corrected chi connectivity index (χ1v) is 7.66. The highest BCUT2D eigenvalue weighted by atomic mass is 16.8. The molecular weight excluding hydrogens is 320 g/mol. The predicted molar refractivity (Wildman–Crippen MR) is 78.3 cm³/mol. The summed E-state index contributed by atoms with van der Waals surface area (Å²) in [6.07, 6.45) is 6.73. The van der Waals surface area contributed by atoms with Crippen LogP contribution in [0.5, 0.6) is 0 Å². The number of carbonyl (C=O) groups excluding carboxylic acids is 2. The van der Waals surface area contributed by atoms with E-state index in [0.29, 0.717) is 12.8 Å². The molecule has 0 aromatic carbocycles. The van der Waals surface area contributed by atoms with Crippen molar-refractivity contribution in [2.75, 3.05) is 14.2 Å². The fourth-order valence-electron chi connectivity index (χ4n) is 3.54. The van der Waals surface area contributed by atoms with Crippen LogP contribution in [0.2, 0.25) is 0 Å². The number of carbonyl (C=O) groups is 2. The standard InChI is InChI=1S/C16H20O8/c1-21-11(17)13(19)7-3-6-10-16(13)23-14(12(18)22-2)8-4-5-9-15(14,20)24-16/h3-4,7-8,19-20H,5-6,9-10H2,1-2H3/t13-,14+,15+,16-/m1/s1. The molecule has 132 valence electrons. The molecule has 3 rings (SSSR count). The number of ether oxygens (including phenoxy) is 4. The summed E-state index contributed by atoms with van der Waals surface area (Å²) in [6, 6.07) is 0. The molecule has 0 aromatic heterocycles. The second-order valence-electron chi connectivity index (χ2n) is 6.11. The van der Waals surface area contributed by atoms with Crippen LogP contribution in [0, 0.1) is 0 Å². The number of methoxy groups -OCH3 is 2. The maximum Gasteiger partial charge on any atom is 0.348 e. The minimum Gasteiger partial charge on any atom is -0.466 e. The average molecular weight is 340 g/mol. The van der Waals surface area contributed by atoms with Gasteiger partial charge in [0.05, 0.1) is 14.2 Å². The number of rotatable bonds is 2. The molecule has 0 bridgehead atoms. The SMILES string of the molecule is COC(=O)[C@]1(O)C=CCC[C@]12O[C@]1(C(=O)OC)C=CCC[C@]1(O)O2. The van der Waals surface area contributed by atoms with Crippen molar-refractivity contribution in [1.29, 1.82) is 0 Å². The molecule has 1 spiro atoms. The van der Waals surface area contributed by atoms with Crippen molar-refractivity contribution in [2.24, 2.45) is 0 Å². The Kier molecular flexibility index (Phi) is 3.83. The van der Waals surface area contributed by atoms with Crippen LogP contribution in [0.1, 0.15) is 25.7 Å². The highest BCUT2D eigenvalue weighted by Crippen LogP contribution is 2.55. The summed E-state index contributed by atoms with van der Waals surface area (Å²) in [5, 5.41) is 21.9. The zero-order valence-corrected chi connectivity index (χ0v) is 13.5. The Hall–Kier alpha value is -1.74. The van der Waals surface area contributed by atoms with Gasteiger partial charge in [-0.3, -0.25) is 0 Å². The first-order chi connectivity index (χ1) is 11.3. The van der Waals surface area contributed by atoms with Crippen molar-refractivity contribution < 1.29 is 38.7 Å². The van der Waals surface area contributed by atoms with E-state index in [9.17, 15) is 19.8 Å². The third kappa shape index (κ3) is 1.94. The molecule has 3 aliphatic rings. The van der Waals surface area contributed by atoms with Crippen molar-refractivity contribution >= 4 is 11.9 Å². The number of hydrogen-bond acceptors (Lipinski definition) is 8. The van der Waals surface area contributed by atoms with Crippen LogP contribution in [0.15, 0.2) is 24.3 Å². The minimum absolute atomic E-state index is 0.0430. The minimum atomic E-state index is -2.30. The fraction of sp³-hybridized carbons (Fsp3) is 0.625. The molecule has 1 aliphatic heterocycles. The predicted octanol–water partition coefficient (Wildman–Crippen LogP) is -0.0660. The highest BCUT2D eigenvalue weighted by molar-refractivity contribution is 5.86. The lowest BCUT2D eigenvalue weighted by molar-refractivity contribution is -0.303. The first kappa shape index (κ1) is 17.1. The van der Waals surface area contributed by atoms with Gasteiger partial charge < -0.3 is 29.2 Å². The lowest BCUT2D eigenvalue weighted by atomic mass is 9.84. The Balaban J connectivity index is 2.14. The van der Waals surface area contributed by atoms with E-state index in [-0.39, 0.29) is 12.8 Å². The summed E-state index contributed by atoms with van der Waals surface area (Å²) >= 11 is 0. The molecule has 0 aromatic rings. The number of fused-ring (bicyclic) bond motifs is 1. The molecule has 1 fully saturated rings. The number of hydrogen-bond donors (Lipinski definition) is 2. The molecule has 0 unspecified atom stereocenters.